The zero-order valence-electron chi connectivity index (χ0n) is 17.9. The second kappa shape index (κ2) is 8.02. The van der Waals surface area contributed by atoms with Crippen LogP contribution >= 0.6 is 0 Å². The number of nitrogens with zero attached hydrogens (tertiary/aromatic N) is 4. The monoisotopic (exact) mass is 453 g/mol. The Morgan fingerprint density at radius 1 is 1.21 bits per heavy atom. The highest BCUT2D eigenvalue weighted by molar-refractivity contribution is 5.90. The number of benzene rings is 1. The molecule has 33 heavy (non-hydrogen) atoms. The van der Waals surface area contributed by atoms with E-state index in [9.17, 15) is 19.1 Å². The summed E-state index contributed by atoms with van der Waals surface area (Å²) >= 11 is 0. The van der Waals surface area contributed by atoms with Crippen molar-refractivity contribution in [3.8, 4) is 0 Å². The Labute approximate surface area is 189 Å². The van der Waals surface area contributed by atoms with Crippen LogP contribution in [0.3, 0.4) is 0 Å². The third-order valence-electron chi connectivity index (χ3n) is 6.92. The summed E-state index contributed by atoms with van der Waals surface area (Å²) in [6.07, 6.45) is 3.56. The Bertz CT molecular complexity index is 1210. The van der Waals surface area contributed by atoms with Gasteiger partial charge >= 0.3 is 6.09 Å². The number of hydrogen-bond donors (Lipinski definition) is 2. The van der Waals surface area contributed by atoms with Crippen molar-refractivity contribution in [3.05, 3.63) is 54.0 Å². The Morgan fingerprint density at radius 3 is 2.64 bits per heavy atom. The fourth-order valence-electron chi connectivity index (χ4n) is 5.04. The molecular formula is C23H24FN5O4. The standard InChI is InChI=1S/C23H24FN5O4/c24-15-2-3-17-14(9-15)1-4-19(26-17)28-7-5-23(6-8-28)10-16(11-23)29(22(31)32)12-20-27-18(13-33-20)21(25)30/h1-4,9,13,16H,5-8,10-12H2,(H2,25,30)(H,31,32). The number of hydrogen-bond acceptors (Lipinski definition) is 6. The van der Waals surface area contributed by atoms with E-state index in [1.165, 1.54) is 17.0 Å². The average Bonchev–Trinajstić information content (AvgIpc) is 3.25. The van der Waals surface area contributed by atoms with E-state index in [4.69, 9.17) is 10.2 Å². The van der Waals surface area contributed by atoms with Crippen molar-refractivity contribution in [1.29, 1.82) is 0 Å². The van der Waals surface area contributed by atoms with Crippen LogP contribution in [0.1, 0.15) is 42.1 Å². The molecule has 2 amide bonds. The third kappa shape index (κ3) is 4.08. The predicted octanol–water partition coefficient (Wildman–Crippen LogP) is 3.39. The van der Waals surface area contributed by atoms with Gasteiger partial charge in [0.2, 0.25) is 5.89 Å². The van der Waals surface area contributed by atoms with Crippen molar-refractivity contribution >= 4 is 28.7 Å². The maximum absolute atomic E-state index is 13.4. The van der Waals surface area contributed by atoms with Crippen molar-refractivity contribution in [2.75, 3.05) is 18.0 Å². The highest BCUT2D eigenvalue weighted by Gasteiger charge is 2.49. The van der Waals surface area contributed by atoms with E-state index < -0.39 is 12.0 Å². The maximum Gasteiger partial charge on any atom is 0.408 e. The molecule has 3 N–H and O–H groups in total. The van der Waals surface area contributed by atoms with Crippen molar-refractivity contribution in [3.63, 3.8) is 0 Å². The number of carbonyl (C=O) groups excluding carboxylic acids is 1. The Balaban J connectivity index is 1.20. The van der Waals surface area contributed by atoms with Gasteiger partial charge in [-0.3, -0.25) is 9.69 Å². The number of halogens is 1. The van der Waals surface area contributed by atoms with Crippen LogP contribution < -0.4 is 10.6 Å². The Hall–Kier alpha value is -3.69. The summed E-state index contributed by atoms with van der Waals surface area (Å²) < 4.78 is 18.6. The molecule has 1 saturated heterocycles. The molecule has 1 aliphatic carbocycles. The largest absolute Gasteiger partial charge is 0.465 e. The van der Waals surface area contributed by atoms with Gasteiger partial charge in [0.05, 0.1) is 5.52 Å². The fraction of sp³-hybridized carbons (Fsp3) is 0.391. The van der Waals surface area contributed by atoms with Gasteiger partial charge in [-0.1, -0.05) is 0 Å². The number of primary amides is 1. The molecule has 2 fully saturated rings. The molecule has 3 aromatic rings. The highest BCUT2D eigenvalue weighted by Crippen LogP contribution is 2.51. The number of fused-ring (bicyclic) bond motifs is 1. The van der Waals surface area contributed by atoms with Crippen LogP contribution in [0.2, 0.25) is 0 Å². The van der Waals surface area contributed by atoms with E-state index in [-0.39, 0.29) is 35.4 Å². The summed E-state index contributed by atoms with van der Waals surface area (Å²) in [6, 6.07) is 8.28. The average molecular weight is 453 g/mol. The molecule has 0 unspecified atom stereocenters. The van der Waals surface area contributed by atoms with Gasteiger partial charge in [0.25, 0.3) is 5.91 Å². The lowest BCUT2D eigenvalue weighted by Crippen LogP contribution is -2.56. The molecule has 1 spiro atoms. The number of oxazole rings is 1. The van der Waals surface area contributed by atoms with Crippen molar-refractivity contribution < 1.29 is 23.5 Å². The summed E-state index contributed by atoms with van der Waals surface area (Å²) in [4.78, 5) is 35.2. The quantitative estimate of drug-likeness (QED) is 0.606. The van der Waals surface area contributed by atoms with Gasteiger partial charge in [0.15, 0.2) is 5.69 Å². The van der Waals surface area contributed by atoms with Crippen LogP contribution in [0.25, 0.3) is 10.9 Å². The third-order valence-corrected chi connectivity index (χ3v) is 6.92. The first-order valence-corrected chi connectivity index (χ1v) is 10.9. The second-order valence-electron chi connectivity index (χ2n) is 8.96. The number of pyridine rings is 1. The van der Waals surface area contributed by atoms with Gasteiger partial charge in [-0.2, -0.15) is 0 Å². The number of carbonyl (C=O) groups is 2. The SMILES string of the molecule is NC(=O)c1coc(CN(C(=O)O)C2CC3(CCN(c4ccc5cc(F)ccc5n4)CC3)C2)n1. The first kappa shape index (κ1) is 21.2. The smallest absolute Gasteiger partial charge is 0.408 e. The van der Waals surface area contributed by atoms with Crippen LogP contribution in [0.5, 0.6) is 0 Å². The van der Waals surface area contributed by atoms with Gasteiger partial charge in [-0.15, -0.1) is 0 Å². The summed E-state index contributed by atoms with van der Waals surface area (Å²) in [5.74, 6) is 0.0442. The molecule has 0 radical (unpaired) electrons. The van der Waals surface area contributed by atoms with Crippen molar-refractivity contribution in [2.45, 2.75) is 38.3 Å². The highest BCUT2D eigenvalue weighted by atomic mass is 19.1. The number of amides is 2. The molecule has 2 aliphatic rings. The van der Waals surface area contributed by atoms with E-state index in [0.717, 1.165) is 61.8 Å². The molecule has 1 aliphatic heterocycles. The summed E-state index contributed by atoms with van der Waals surface area (Å²) in [5.41, 5.74) is 6.05. The van der Waals surface area contributed by atoms with Gasteiger partial charge in [0.1, 0.15) is 24.4 Å². The molecule has 172 valence electrons. The lowest BCUT2D eigenvalue weighted by molar-refractivity contribution is -0.0149. The van der Waals surface area contributed by atoms with Crippen molar-refractivity contribution in [1.82, 2.24) is 14.9 Å². The van der Waals surface area contributed by atoms with E-state index in [0.29, 0.717) is 0 Å². The Kier molecular flexibility index (Phi) is 5.15. The summed E-state index contributed by atoms with van der Waals surface area (Å²) in [7, 11) is 0. The van der Waals surface area contributed by atoms with Crippen LogP contribution in [-0.4, -0.2) is 51.1 Å². The molecule has 5 rings (SSSR count). The zero-order chi connectivity index (χ0) is 23.2. The molecule has 0 atom stereocenters. The molecular weight excluding hydrogens is 429 g/mol. The minimum absolute atomic E-state index is 0.0137. The molecule has 0 bridgehead atoms. The van der Waals surface area contributed by atoms with Crippen LogP contribution in [0.4, 0.5) is 15.0 Å². The second-order valence-corrected chi connectivity index (χ2v) is 8.96. The van der Waals surface area contributed by atoms with E-state index in [1.807, 2.05) is 12.1 Å². The molecule has 1 aromatic carbocycles. The molecule has 2 aromatic heterocycles. The first-order chi connectivity index (χ1) is 15.8. The number of anilines is 1. The lowest BCUT2D eigenvalue weighted by Gasteiger charge is -2.54. The predicted molar refractivity (Wildman–Crippen MR) is 117 cm³/mol. The first-order valence-electron chi connectivity index (χ1n) is 10.9. The van der Waals surface area contributed by atoms with E-state index in [1.54, 1.807) is 6.07 Å². The van der Waals surface area contributed by atoms with Gasteiger partial charge in [-0.05, 0) is 61.4 Å². The normalized spacial score (nSPS) is 17.8. The van der Waals surface area contributed by atoms with Crippen LogP contribution in [0, 0.1) is 11.2 Å². The topological polar surface area (TPSA) is 126 Å². The van der Waals surface area contributed by atoms with Gasteiger partial charge in [0, 0.05) is 24.5 Å². The van der Waals surface area contributed by atoms with E-state index in [2.05, 4.69) is 14.9 Å². The number of carboxylic acid groups (broad SMARTS) is 1. The van der Waals surface area contributed by atoms with Gasteiger partial charge in [-0.25, -0.2) is 19.2 Å². The van der Waals surface area contributed by atoms with Crippen LogP contribution in [-0.2, 0) is 6.54 Å². The maximum atomic E-state index is 13.4. The number of piperidine rings is 1. The van der Waals surface area contributed by atoms with E-state index >= 15 is 0 Å². The van der Waals surface area contributed by atoms with Crippen molar-refractivity contribution in [2.24, 2.45) is 11.1 Å². The summed E-state index contributed by atoms with van der Waals surface area (Å²) in [5, 5.41) is 10.5. The molecule has 9 nitrogen and oxygen atoms in total. The molecule has 10 heteroatoms. The Morgan fingerprint density at radius 2 is 1.97 bits per heavy atom. The number of aromatic nitrogens is 2. The van der Waals surface area contributed by atoms with Crippen LogP contribution in [0.15, 0.2) is 41.0 Å². The van der Waals surface area contributed by atoms with Gasteiger partial charge < -0.3 is 20.2 Å². The minimum Gasteiger partial charge on any atom is -0.465 e. The fourth-order valence-corrected chi connectivity index (χ4v) is 5.04. The molecule has 3 heterocycles. The zero-order valence-corrected chi connectivity index (χ0v) is 17.9. The molecule has 1 saturated carbocycles. The minimum atomic E-state index is -1.04. The summed E-state index contributed by atoms with van der Waals surface area (Å²) in [6.45, 7) is 1.65. The number of nitrogens with two attached hydrogens (primary N) is 1. The number of rotatable bonds is 5. The lowest BCUT2D eigenvalue weighted by atomic mass is 9.60.